The first-order chi connectivity index (χ1) is 39.2. The van der Waals surface area contributed by atoms with Gasteiger partial charge in [0.25, 0.3) is 0 Å². The molecule has 3 atom stereocenters. The van der Waals surface area contributed by atoms with E-state index in [2.05, 4.69) is 93.7 Å². The molecule has 0 amide bonds. The second-order valence-corrected chi connectivity index (χ2v) is 23.4. The van der Waals surface area contributed by atoms with Gasteiger partial charge < -0.3 is 24.2 Å². The number of hydrogen-bond acceptors (Lipinski definition) is 10. The molecule has 0 aliphatic rings. The fourth-order valence-corrected chi connectivity index (χ4v) is 9.93. The zero-order valence-electron chi connectivity index (χ0n) is 51.5. The van der Waals surface area contributed by atoms with Gasteiger partial charge in [0.05, 0.1) is 19.8 Å². The Morgan fingerprint density at radius 1 is 0.362 bits per heavy atom. The molecule has 3 unspecified atom stereocenters. The van der Waals surface area contributed by atoms with Gasteiger partial charge in [0, 0.05) is 19.3 Å². The molecule has 0 aromatic heterocycles. The maximum Gasteiger partial charge on any atom is 0.472 e. The van der Waals surface area contributed by atoms with Crippen molar-refractivity contribution in [3.8, 4) is 0 Å². The zero-order valence-corrected chi connectivity index (χ0v) is 52.4. The van der Waals surface area contributed by atoms with E-state index in [-0.39, 0.29) is 25.9 Å². The largest absolute Gasteiger partial charge is 0.472 e. The van der Waals surface area contributed by atoms with Crippen LogP contribution in [0.2, 0.25) is 0 Å². The molecule has 0 rings (SSSR count). The fourth-order valence-electron chi connectivity index (χ4n) is 9.14. The molecule has 0 radical (unpaired) electrons. The molecule has 0 saturated heterocycles. The summed E-state index contributed by atoms with van der Waals surface area (Å²) in [6, 6.07) is 0. The van der Waals surface area contributed by atoms with Crippen LogP contribution >= 0.6 is 7.82 Å². The number of ether oxygens (including phenoxy) is 3. The van der Waals surface area contributed by atoms with E-state index in [9.17, 15) is 28.9 Å². The molecule has 0 fully saturated rings. The van der Waals surface area contributed by atoms with Crippen LogP contribution in [0.4, 0.5) is 0 Å². The van der Waals surface area contributed by atoms with E-state index in [0.717, 1.165) is 122 Å². The molecule has 0 spiro atoms. The third-order valence-corrected chi connectivity index (χ3v) is 15.1. The molecule has 80 heavy (non-hydrogen) atoms. The summed E-state index contributed by atoms with van der Waals surface area (Å²) in [7, 11) is -4.76. The molecule has 12 heteroatoms. The Bertz CT molecular complexity index is 1620. The Morgan fingerprint density at radius 2 is 0.650 bits per heavy atom. The summed E-state index contributed by atoms with van der Waals surface area (Å²) < 4.78 is 39.7. The van der Waals surface area contributed by atoms with E-state index in [1.165, 1.54) is 122 Å². The van der Waals surface area contributed by atoms with Gasteiger partial charge in [-0.2, -0.15) is 0 Å². The Kier molecular flexibility index (Phi) is 59.6. The minimum absolute atomic E-state index is 0.153. The van der Waals surface area contributed by atoms with Crippen molar-refractivity contribution in [1.82, 2.24) is 0 Å². The van der Waals surface area contributed by atoms with Gasteiger partial charge in [0.15, 0.2) is 6.10 Å². The number of phosphoric acid groups is 1. The Morgan fingerprint density at radius 3 is 1.02 bits per heavy atom. The van der Waals surface area contributed by atoms with Gasteiger partial charge in [-0.15, -0.1) is 0 Å². The first-order valence-corrected chi connectivity index (χ1v) is 34.3. The summed E-state index contributed by atoms with van der Waals surface area (Å²) in [5.41, 5.74) is 0. The second-order valence-electron chi connectivity index (χ2n) is 21.9. The summed E-state index contributed by atoms with van der Waals surface area (Å²) in [6.07, 6.45) is 71.3. The van der Waals surface area contributed by atoms with Gasteiger partial charge >= 0.3 is 25.7 Å². The standard InChI is InChI=1S/C68H121O11P/c1-4-7-10-13-16-19-22-25-28-31-32-35-38-41-44-47-50-53-56-59-68(72)79-65(61-75-66(70)57-54-51-48-45-42-39-36-33-29-26-23-20-17-14-11-8-5-2)63-77-80(73,74)76-62-64(60-69)78-67(71)58-55-52-49-46-43-40-37-34-30-27-24-21-18-15-12-9-6-3/h9,12,16,18-19,21,25,27-28,30,32,35,64-65,69H,4-8,10-11,13-15,17,20,22-24,26,29,31,33-34,36-63H2,1-3H3,(H,73,74)/b12-9-,19-16-,21-18-,28-25-,30-27-,35-32-. The van der Waals surface area contributed by atoms with Crippen molar-refractivity contribution in [3.63, 3.8) is 0 Å². The van der Waals surface area contributed by atoms with Crippen LogP contribution in [0.3, 0.4) is 0 Å². The normalized spacial score (nSPS) is 13.7. The monoisotopic (exact) mass is 1140 g/mol. The number of allylic oxidation sites excluding steroid dienone is 12. The highest BCUT2D eigenvalue weighted by molar-refractivity contribution is 7.47. The van der Waals surface area contributed by atoms with E-state index in [4.69, 9.17) is 23.3 Å². The summed E-state index contributed by atoms with van der Waals surface area (Å²) in [5.74, 6) is -1.47. The van der Waals surface area contributed by atoms with Crippen LogP contribution in [0.1, 0.15) is 303 Å². The van der Waals surface area contributed by atoms with Gasteiger partial charge in [-0.25, -0.2) is 4.57 Å². The maximum atomic E-state index is 13.0. The lowest BCUT2D eigenvalue weighted by Gasteiger charge is -2.21. The average Bonchev–Trinajstić information content (AvgIpc) is 3.45. The molecule has 0 aliphatic heterocycles. The van der Waals surface area contributed by atoms with Gasteiger partial charge in [-0.1, -0.05) is 267 Å². The number of rotatable bonds is 61. The zero-order chi connectivity index (χ0) is 58.3. The SMILES string of the molecule is CC/C=C\C/C=C\C/C=C\CCCCCCCCCC(=O)OC(CO)COP(=O)(O)OCC(COC(=O)CCCCCCCCCCCCCCCCCCC)OC(=O)CCCCCCCC/C=C\C/C=C\C/C=C\CCCCC. The molecule has 0 heterocycles. The highest BCUT2D eigenvalue weighted by atomic mass is 31.2. The summed E-state index contributed by atoms with van der Waals surface area (Å²) in [4.78, 5) is 48.8. The number of carbonyl (C=O) groups is 3. The number of esters is 3. The lowest BCUT2D eigenvalue weighted by atomic mass is 10.0. The van der Waals surface area contributed by atoms with Crippen molar-refractivity contribution in [2.75, 3.05) is 26.4 Å². The summed E-state index contributed by atoms with van der Waals surface area (Å²) in [5, 5.41) is 9.86. The number of carbonyl (C=O) groups excluding carboxylic acids is 3. The molecule has 0 aromatic carbocycles. The van der Waals surface area contributed by atoms with Crippen molar-refractivity contribution in [1.29, 1.82) is 0 Å². The summed E-state index contributed by atoms with van der Waals surface area (Å²) >= 11 is 0. The van der Waals surface area contributed by atoms with E-state index in [1.807, 2.05) is 0 Å². The Balaban J connectivity index is 4.71. The number of aliphatic hydroxyl groups excluding tert-OH is 1. The van der Waals surface area contributed by atoms with Crippen LogP contribution in [-0.2, 0) is 42.2 Å². The molecule has 0 bridgehead atoms. The van der Waals surface area contributed by atoms with Crippen LogP contribution in [-0.4, -0.2) is 66.5 Å². The van der Waals surface area contributed by atoms with Crippen molar-refractivity contribution in [2.24, 2.45) is 0 Å². The van der Waals surface area contributed by atoms with Crippen LogP contribution in [0, 0.1) is 0 Å². The molecular weight excluding hydrogens is 1020 g/mol. The number of phosphoric ester groups is 1. The minimum Gasteiger partial charge on any atom is -0.462 e. The third kappa shape index (κ3) is 59.5. The summed E-state index contributed by atoms with van der Waals surface area (Å²) in [6.45, 7) is 4.54. The number of aliphatic hydroxyl groups is 1. The molecular formula is C68H121O11P. The first kappa shape index (κ1) is 76.9. The van der Waals surface area contributed by atoms with Crippen molar-refractivity contribution >= 4 is 25.7 Å². The van der Waals surface area contributed by atoms with Crippen LogP contribution in [0.15, 0.2) is 72.9 Å². The average molecular weight is 1150 g/mol. The van der Waals surface area contributed by atoms with Gasteiger partial charge in [-0.05, 0) is 89.9 Å². The van der Waals surface area contributed by atoms with Crippen LogP contribution < -0.4 is 0 Å². The lowest BCUT2D eigenvalue weighted by Crippen LogP contribution is -2.30. The highest BCUT2D eigenvalue weighted by Gasteiger charge is 2.28. The predicted octanol–water partition coefficient (Wildman–Crippen LogP) is 20.0. The van der Waals surface area contributed by atoms with E-state index >= 15 is 0 Å². The van der Waals surface area contributed by atoms with Gasteiger partial charge in [-0.3, -0.25) is 23.4 Å². The number of hydrogen-bond donors (Lipinski definition) is 2. The van der Waals surface area contributed by atoms with Gasteiger partial charge in [0.1, 0.15) is 12.7 Å². The fraction of sp³-hybridized carbons (Fsp3) is 0.779. The predicted molar refractivity (Wildman–Crippen MR) is 335 cm³/mol. The van der Waals surface area contributed by atoms with Crippen LogP contribution in [0.5, 0.6) is 0 Å². The van der Waals surface area contributed by atoms with Crippen molar-refractivity contribution in [3.05, 3.63) is 72.9 Å². The van der Waals surface area contributed by atoms with Gasteiger partial charge in [0.2, 0.25) is 0 Å². The first-order valence-electron chi connectivity index (χ1n) is 32.8. The lowest BCUT2D eigenvalue weighted by molar-refractivity contribution is -0.161. The van der Waals surface area contributed by atoms with Crippen molar-refractivity contribution < 1.29 is 52.2 Å². The minimum atomic E-state index is -4.76. The molecule has 2 N–H and O–H groups in total. The third-order valence-electron chi connectivity index (χ3n) is 14.1. The topological polar surface area (TPSA) is 155 Å². The maximum absolute atomic E-state index is 13.0. The molecule has 464 valence electrons. The van der Waals surface area contributed by atoms with E-state index in [1.54, 1.807) is 0 Å². The smallest absolute Gasteiger partial charge is 0.462 e. The van der Waals surface area contributed by atoms with Crippen LogP contribution in [0.25, 0.3) is 0 Å². The highest BCUT2D eigenvalue weighted by Crippen LogP contribution is 2.43. The second kappa shape index (κ2) is 62.0. The Labute approximate surface area is 490 Å². The Hall–Kier alpha value is -3.08. The van der Waals surface area contributed by atoms with E-state index in [0.29, 0.717) is 19.3 Å². The van der Waals surface area contributed by atoms with E-state index < -0.39 is 57.8 Å². The van der Waals surface area contributed by atoms with Crippen molar-refractivity contribution in [2.45, 2.75) is 315 Å². The molecule has 0 aliphatic carbocycles. The molecule has 11 nitrogen and oxygen atoms in total. The quantitative estimate of drug-likeness (QED) is 0.0197. The molecule has 0 saturated carbocycles. The molecule has 0 aromatic rings. The number of unbranched alkanes of at least 4 members (excludes halogenated alkanes) is 32.